The molecule has 18 heavy (non-hydrogen) atoms. The topological polar surface area (TPSA) is 65.4 Å². The number of carbonyl (C=O) groups is 1. The monoisotopic (exact) mass is 245 g/mol. The number of benzene rings is 1. The molecule has 2 amide bonds. The first kappa shape index (κ1) is 12.2. The second-order valence-electron chi connectivity index (χ2n) is 4.32. The van der Waals surface area contributed by atoms with Crippen LogP contribution < -0.4 is 10.1 Å². The number of hydrogen-bond acceptors (Lipinski definition) is 3. The number of nitriles is 1. The van der Waals surface area contributed by atoms with E-state index >= 15 is 0 Å². The summed E-state index contributed by atoms with van der Waals surface area (Å²) in [5.74, 6) is 0.831. The van der Waals surface area contributed by atoms with E-state index in [4.69, 9.17) is 10.00 Å². The molecule has 0 aliphatic carbocycles. The minimum atomic E-state index is -0.338. The highest BCUT2D eigenvalue weighted by Crippen LogP contribution is 2.29. The molecule has 1 aliphatic heterocycles. The Hall–Kier alpha value is -2.22. The summed E-state index contributed by atoms with van der Waals surface area (Å²) in [6, 6.07) is 3.35. The third-order valence-electron chi connectivity index (χ3n) is 3.40. The summed E-state index contributed by atoms with van der Waals surface area (Å²) >= 11 is 0. The molecule has 0 saturated carbocycles. The Morgan fingerprint density at radius 3 is 2.72 bits per heavy atom. The van der Waals surface area contributed by atoms with Gasteiger partial charge in [0.05, 0.1) is 19.7 Å². The highest BCUT2D eigenvalue weighted by molar-refractivity contribution is 5.79. The Morgan fingerprint density at radius 1 is 1.44 bits per heavy atom. The number of carbonyl (C=O) groups excluding carboxylic acids is 1. The fourth-order valence-electron chi connectivity index (χ4n) is 2.22. The standard InChI is InChI=1S/C13H15N3O2/c1-8-9(2)12(18-3)5-4-10(8)11-6-16(7-14)13(17)15-11/h4-5,11H,6H2,1-3H3,(H,15,17). The fraction of sp³-hybridized carbons (Fsp3) is 0.385. The van der Waals surface area contributed by atoms with Gasteiger partial charge in [0.25, 0.3) is 0 Å². The molecule has 5 nitrogen and oxygen atoms in total. The van der Waals surface area contributed by atoms with Crippen LogP contribution in [0.4, 0.5) is 4.79 Å². The van der Waals surface area contributed by atoms with Crippen LogP contribution in [0.15, 0.2) is 12.1 Å². The Balaban J connectivity index is 2.34. The molecule has 0 radical (unpaired) electrons. The average molecular weight is 245 g/mol. The van der Waals surface area contributed by atoms with Crippen LogP contribution in [0.1, 0.15) is 22.7 Å². The number of methoxy groups -OCH3 is 1. The summed E-state index contributed by atoms with van der Waals surface area (Å²) in [5, 5.41) is 11.6. The summed E-state index contributed by atoms with van der Waals surface area (Å²) in [6.07, 6.45) is 1.87. The van der Waals surface area contributed by atoms with Gasteiger partial charge in [0.2, 0.25) is 0 Å². The van der Waals surface area contributed by atoms with Crippen molar-refractivity contribution in [1.82, 2.24) is 10.2 Å². The predicted octanol–water partition coefficient (Wildman–Crippen LogP) is 1.86. The smallest absolute Gasteiger partial charge is 0.331 e. The van der Waals surface area contributed by atoms with Gasteiger partial charge >= 0.3 is 6.03 Å². The van der Waals surface area contributed by atoms with E-state index in [0.717, 1.165) is 27.3 Å². The summed E-state index contributed by atoms with van der Waals surface area (Å²) in [6.45, 7) is 4.35. The number of amides is 2. The minimum absolute atomic E-state index is 0.137. The maximum Gasteiger partial charge on any atom is 0.331 e. The molecule has 0 aromatic heterocycles. The fourth-order valence-corrected chi connectivity index (χ4v) is 2.22. The van der Waals surface area contributed by atoms with Gasteiger partial charge < -0.3 is 10.1 Å². The SMILES string of the molecule is COc1ccc(C2CN(C#N)C(=O)N2)c(C)c1C. The lowest BCUT2D eigenvalue weighted by Crippen LogP contribution is -2.23. The van der Waals surface area contributed by atoms with Crippen LogP contribution in [0.25, 0.3) is 0 Å². The van der Waals surface area contributed by atoms with Gasteiger partial charge in [-0.3, -0.25) is 0 Å². The summed E-state index contributed by atoms with van der Waals surface area (Å²) in [4.78, 5) is 12.6. The third-order valence-corrected chi connectivity index (χ3v) is 3.40. The van der Waals surface area contributed by atoms with Crippen molar-refractivity contribution in [3.63, 3.8) is 0 Å². The van der Waals surface area contributed by atoms with Gasteiger partial charge in [0.15, 0.2) is 6.19 Å². The quantitative estimate of drug-likeness (QED) is 0.809. The molecule has 1 fully saturated rings. The van der Waals surface area contributed by atoms with E-state index in [9.17, 15) is 4.79 Å². The molecule has 94 valence electrons. The molecular weight excluding hydrogens is 230 g/mol. The van der Waals surface area contributed by atoms with Crippen molar-refractivity contribution in [3.05, 3.63) is 28.8 Å². The lowest BCUT2D eigenvalue weighted by atomic mass is 9.97. The van der Waals surface area contributed by atoms with E-state index in [1.165, 1.54) is 0 Å². The lowest BCUT2D eigenvalue weighted by Gasteiger charge is -2.16. The van der Waals surface area contributed by atoms with E-state index in [0.29, 0.717) is 6.54 Å². The Kier molecular flexibility index (Phi) is 3.11. The van der Waals surface area contributed by atoms with Crippen LogP contribution >= 0.6 is 0 Å². The van der Waals surface area contributed by atoms with E-state index in [1.807, 2.05) is 32.2 Å². The van der Waals surface area contributed by atoms with Crippen molar-refractivity contribution in [3.8, 4) is 11.9 Å². The molecule has 2 rings (SSSR count). The number of nitrogens with zero attached hydrogens (tertiary/aromatic N) is 2. The van der Waals surface area contributed by atoms with E-state index < -0.39 is 0 Å². The van der Waals surface area contributed by atoms with Crippen molar-refractivity contribution in [1.29, 1.82) is 5.26 Å². The zero-order valence-corrected chi connectivity index (χ0v) is 10.7. The summed E-state index contributed by atoms with van der Waals surface area (Å²) in [7, 11) is 1.64. The number of urea groups is 1. The maximum absolute atomic E-state index is 11.5. The number of rotatable bonds is 2. The molecule has 1 unspecified atom stereocenters. The van der Waals surface area contributed by atoms with Crippen LogP contribution in [0.3, 0.4) is 0 Å². The second kappa shape index (κ2) is 4.57. The van der Waals surface area contributed by atoms with Crippen LogP contribution in [-0.2, 0) is 0 Å². The Labute approximate surface area is 106 Å². The third kappa shape index (κ3) is 1.86. The van der Waals surface area contributed by atoms with E-state index in [-0.39, 0.29) is 12.1 Å². The Bertz CT molecular complexity index is 534. The first-order chi connectivity index (χ1) is 8.58. The molecule has 1 atom stereocenters. The number of hydrogen-bond donors (Lipinski definition) is 1. The molecule has 1 aliphatic rings. The van der Waals surface area contributed by atoms with E-state index in [1.54, 1.807) is 7.11 Å². The molecule has 1 aromatic rings. The molecular formula is C13H15N3O2. The number of nitrogens with one attached hydrogen (secondary N) is 1. The van der Waals surface area contributed by atoms with Crippen LogP contribution in [0.5, 0.6) is 5.75 Å². The van der Waals surface area contributed by atoms with Crippen LogP contribution in [0.2, 0.25) is 0 Å². The largest absolute Gasteiger partial charge is 0.496 e. The first-order valence-corrected chi connectivity index (χ1v) is 5.70. The highest BCUT2D eigenvalue weighted by Gasteiger charge is 2.31. The maximum atomic E-state index is 11.5. The van der Waals surface area contributed by atoms with Gasteiger partial charge in [-0.15, -0.1) is 0 Å². The molecule has 1 heterocycles. The first-order valence-electron chi connectivity index (χ1n) is 5.70. The average Bonchev–Trinajstić information content (AvgIpc) is 2.73. The van der Waals surface area contributed by atoms with Crippen LogP contribution in [0, 0.1) is 25.3 Å². The highest BCUT2D eigenvalue weighted by atomic mass is 16.5. The van der Waals surface area contributed by atoms with Crippen molar-refractivity contribution in [2.45, 2.75) is 19.9 Å². The lowest BCUT2D eigenvalue weighted by molar-refractivity contribution is 0.232. The molecule has 1 saturated heterocycles. The van der Waals surface area contributed by atoms with Crippen molar-refractivity contribution in [2.24, 2.45) is 0 Å². The second-order valence-corrected chi connectivity index (χ2v) is 4.32. The summed E-state index contributed by atoms with van der Waals surface area (Å²) < 4.78 is 5.26. The number of ether oxygens (including phenoxy) is 1. The summed E-state index contributed by atoms with van der Waals surface area (Å²) in [5.41, 5.74) is 3.17. The van der Waals surface area contributed by atoms with Crippen molar-refractivity contribution < 1.29 is 9.53 Å². The van der Waals surface area contributed by atoms with Gasteiger partial charge in [-0.1, -0.05) is 6.07 Å². The van der Waals surface area contributed by atoms with Gasteiger partial charge in [-0.2, -0.15) is 5.26 Å². The normalized spacial score (nSPS) is 18.4. The van der Waals surface area contributed by atoms with Crippen molar-refractivity contribution >= 4 is 6.03 Å². The zero-order chi connectivity index (χ0) is 13.3. The molecule has 1 N–H and O–H groups in total. The minimum Gasteiger partial charge on any atom is -0.496 e. The van der Waals surface area contributed by atoms with Gasteiger partial charge in [0.1, 0.15) is 5.75 Å². The van der Waals surface area contributed by atoms with Gasteiger partial charge in [-0.25, -0.2) is 9.69 Å². The van der Waals surface area contributed by atoms with Gasteiger partial charge in [-0.05, 0) is 36.6 Å². The molecule has 0 spiro atoms. The van der Waals surface area contributed by atoms with Gasteiger partial charge in [0, 0.05) is 0 Å². The molecule has 0 bridgehead atoms. The predicted molar refractivity (Wildman–Crippen MR) is 66.1 cm³/mol. The zero-order valence-electron chi connectivity index (χ0n) is 10.7. The van der Waals surface area contributed by atoms with E-state index in [2.05, 4.69) is 5.32 Å². The van der Waals surface area contributed by atoms with Crippen molar-refractivity contribution in [2.75, 3.05) is 13.7 Å². The Morgan fingerprint density at radius 2 is 2.17 bits per heavy atom. The van der Waals surface area contributed by atoms with Crippen LogP contribution in [-0.4, -0.2) is 24.6 Å². The molecule has 5 heteroatoms. The molecule has 1 aromatic carbocycles.